The summed E-state index contributed by atoms with van der Waals surface area (Å²) >= 11 is 4.63. The number of fused-ring (bicyclic) bond motifs is 2. The van der Waals surface area contributed by atoms with Gasteiger partial charge in [0.05, 0.1) is 29.2 Å². The van der Waals surface area contributed by atoms with E-state index in [0.29, 0.717) is 23.6 Å². The quantitative estimate of drug-likeness (QED) is 0.184. The molecule has 2 N–H and O–H groups in total. The molecule has 13 heteroatoms. The molecule has 6 aromatic rings. The third-order valence-corrected chi connectivity index (χ3v) is 9.84. The van der Waals surface area contributed by atoms with Crippen LogP contribution in [0.25, 0.3) is 36.5 Å². The molecule has 0 fully saturated rings. The number of aliphatic hydroxyl groups is 1. The SMILES string of the molecule is COc1cc(OCc2nc(-c3ccc(C(=O)NCC(C)(C)CO)cc3)sc2C)c2sc(-c3cn4nc(C)sc4n3)nc2c1. The number of carbonyl (C=O) groups is 1. The van der Waals surface area contributed by atoms with Crippen LogP contribution < -0.4 is 14.8 Å². The van der Waals surface area contributed by atoms with Crippen LogP contribution in [0.4, 0.5) is 0 Å². The van der Waals surface area contributed by atoms with Crippen molar-refractivity contribution in [2.24, 2.45) is 5.41 Å². The molecule has 0 aliphatic heterocycles. The van der Waals surface area contributed by atoms with E-state index in [1.165, 1.54) is 22.7 Å². The number of hydrogen-bond donors (Lipinski definition) is 2. The topological polar surface area (TPSA) is 124 Å². The Hall–Kier alpha value is -3.91. The zero-order chi connectivity index (χ0) is 30.3. The second-order valence-electron chi connectivity index (χ2n) is 10.9. The minimum absolute atomic E-state index is 0.00241. The zero-order valence-electron chi connectivity index (χ0n) is 24.3. The maximum atomic E-state index is 12.6. The molecule has 0 aliphatic rings. The third-order valence-electron chi connectivity index (χ3n) is 6.84. The molecule has 4 heterocycles. The van der Waals surface area contributed by atoms with E-state index in [0.717, 1.165) is 52.0 Å². The minimum Gasteiger partial charge on any atom is -0.497 e. The Morgan fingerprint density at radius 2 is 1.84 bits per heavy atom. The van der Waals surface area contributed by atoms with Crippen molar-refractivity contribution in [3.63, 3.8) is 0 Å². The van der Waals surface area contributed by atoms with E-state index in [1.54, 1.807) is 35.1 Å². The van der Waals surface area contributed by atoms with Gasteiger partial charge in [-0.25, -0.2) is 19.5 Å². The molecule has 222 valence electrons. The van der Waals surface area contributed by atoms with E-state index < -0.39 is 0 Å². The summed E-state index contributed by atoms with van der Waals surface area (Å²) in [4.78, 5) is 28.8. The highest BCUT2D eigenvalue weighted by Gasteiger charge is 2.20. The zero-order valence-corrected chi connectivity index (χ0v) is 26.7. The Morgan fingerprint density at radius 3 is 2.56 bits per heavy atom. The number of thiazole rings is 2. The van der Waals surface area contributed by atoms with Gasteiger partial charge in [0.1, 0.15) is 38.8 Å². The molecule has 4 aromatic heterocycles. The van der Waals surface area contributed by atoms with Crippen LogP contribution in [0.2, 0.25) is 0 Å². The lowest BCUT2D eigenvalue weighted by molar-refractivity contribution is 0.0911. The molecule has 0 unspecified atom stereocenters. The normalized spacial score (nSPS) is 11.9. The van der Waals surface area contributed by atoms with Gasteiger partial charge in [0.2, 0.25) is 4.96 Å². The first-order valence-corrected chi connectivity index (χ1v) is 16.0. The Bertz CT molecular complexity index is 1910. The van der Waals surface area contributed by atoms with Crippen LogP contribution in [0.5, 0.6) is 11.5 Å². The predicted molar refractivity (Wildman–Crippen MR) is 171 cm³/mol. The average molecular weight is 635 g/mol. The van der Waals surface area contributed by atoms with Crippen molar-refractivity contribution in [1.29, 1.82) is 0 Å². The predicted octanol–water partition coefficient (Wildman–Crippen LogP) is 6.14. The fourth-order valence-electron chi connectivity index (χ4n) is 4.29. The van der Waals surface area contributed by atoms with E-state index >= 15 is 0 Å². The summed E-state index contributed by atoms with van der Waals surface area (Å²) in [5.74, 6) is 1.15. The first kappa shape index (κ1) is 29.2. The van der Waals surface area contributed by atoms with Crippen molar-refractivity contribution in [2.45, 2.75) is 34.3 Å². The van der Waals surface area contributed by atoms with Gasteiger partial charge < -0.3 is 19.9 Å². The summed E-state index contributed by atoms with van der Waals surface area (Å²) in [6.45, 7) is 8.45. The fourth-order valence-corrected chi connectivity index (χ4v) is 6.90. The van der Waals surface area contributed by atoms with Crippen LogP contribution >= 0.6 is 34.0 Å². The number of aliphatic hydroxyl groups excluding tert-OH is 1. The second-order valence-corrected chi connectivity index (χ2v) is 14.2. The maximum absolute atomic E-state index is 12.6. The summed E-state index contributed by atoms with van der Waals surface area (Å²) in [6.07, 6.45) is 1.89. The van der Waals surface area contributed by atoms with E-state index in [-0.39, 0.29) is 24.5 Å². The number of nitrogens with zero attached hydrogens (tertiary/aromatic N) is 5. The highest BCUT2D eigenvalue weighted by Crippen LogP contribution is 2.39. The number of imidazole rings is 1. The van der Waals surface area contributed by atoms with Crippen LogP contribution in [-0.2, 0) is 6.61 Å². The molecule has 0 radical (unpaired) electrons. The first-order valence-electron chi connectivity index (χ1n) is 13.5. The van der Waals surface area contributed by atoms with E-state index in [1.807, 2.05) is 58.2 Å². The van der Waals surface area contributed by atoms with E-state index in [4.69, 9.17) is 24.4 Å². The number of methoxy groups -OCH3 is 1. The van der Waals surface area contributed by atoms with Crippen molar-refractivity contribution >= 4 is 55.1 Å². The number of aromatic nitrogens is 5. The van der Waals surface area contributed by atoms with Crippen molar-refractivity contribution in [2.75, 3.05) is 20.3 Å². The van der Waals surface area contributed by atoms with E-state index in [9.17, 15) is 9.90 Å². The average Bonchev–Trinajstić information content (AvgIpc) is 3.77. The highest BCUT2D eigenvalue weighted by atomic mass is 32.1. The van der Waals surface area contributed by atoms with Crippen molar-refractivity contribution in [3.8, 4) is 32.8 Å². The minimum atomic E-state index is -0.376. The Labute approximate surface area is 260 Å². The maximum Gasteiger partial charge on any atom is 0.251 e. The molecule has 0 saturated carbocycles. The Balaban J connectivity index is 1.19. The number of rotatable bonds is 10. The van der Waals surface area contributed by atoms with Gasteiger partial charge in [-0.15, -0.1) is 22.7 Å². The van der Waals surface area contributed by atoms with Gasteiger partial charge in [0.25, 0.3) is 5.91 Å². The van der Waals surface area contributed by atoms with Crippen LogP contribution in [0, 0.1) is 19.3 Å². The van der Waals surface area contributed by atoms with Crippen LogP contribution in [0.15, 0.2) is 42.6 Å². The molecule has 43 heavy (non-hydrogen) atoms. The smallest absolute Gasteiger partial charge is 0.251 e. The molecule has 0 aliphatic carbocycles. The summed E-state index contributed by atoms with van der Waals surface area (Å²) in [6, 6.07) is 11.1. The number of amides is 1. The first-order chi connectivity index (χ1) is 20.6. The number of benzene rings is 2. The number of carbonyl (C=O) groups excluding carboxylic acids is 1. The number of nitrogens with one attached hydrogen (secondary N) is 1. The van der Waals surface area contributed by atoms with Crippen LogP contribution in [0.1, 0.15) is 39.8 Å². The highest BCUT2D eigenvalue weighted by molar-refractivity contribution is 7.22. The summed E-state index contributed by atoms with van der Waals surface area (Å²) in [5.41, 5.74) is 3.48. The van der Waals surface area contributed by atoms with Crippen LogP contribution in [-0.4, -0.2) is 55.8 Å². The molecular formula is C30H30N6O4S3. The Morgan fingerprint density at radius 1 is 1.05 bits per heavy atom. The van der Waals surface area contributed by atoms with Gasteiger partial charge in [-0.05, 0) is 26.0 Å². The lowest BCUT2D eigenvalue weighted by atomic mass is 9.95. The molecule has 1 amide bonds. The van der Waals surface area contributed by atoms with Gasteiger partial charge in [-0.1, -0.05) is 37.3 Å². The number of aryl methyl sites for hydroxylation is 2. The lowest BCUT2D eigenvalue weighted by Gasteiger charge is -2.21. The van der Waals surface area contributed by atoms with Crippen LogP contribution in [0.3, 0.4) is 0 Å². The van der Waals surface area contributed by atoms with Gasteiger partial charge >= 0.3 is 0 Å². The molecule has 2 aromatic carbocycles. The molecule has 0 saturated heterocycles. The molecular weight excluding hydrogens is 605 g/mol. The van der Waals surface area contributed by atoms with Crippen molar-refractivity contribution in [1.82, 2.24) is 29.9 Å². The lowest BCUT2D eigenvalue weighted by Crippen LogP contribution is -2.36. The number of ether oxygens (including phenoxy) is 2. The van der Waals surface area contributed by atoms with Gasteiger partial charge in [0.15, 0.2) is 0 Å². The molecule has 0 spiro atoms. The number of hydrogen-bond acceptors (Lipinski definition) is 11. The van der Waals surface area contributed by atoms with Gasteiger partial charge in [0, 0.05) is 46.7 Å². The van der Waals surface area contributed by atoms with E-state index in [2.05, 4.69) is 10.4 Å². The van der Waals surface area contributed by atoms with Crippen molar-refractivity contribution in [3.05, 3.63) is 63.7 Å². The molecule has 0 atom stereocenters. The monoisotopic (exact) mass is 634 g/mol. The molecule has 10 nitrogen and oxygen atoms in total. The Kier molecular flexibility index (Phi) is 7.90. The van der Waals surface area contributed by atoms with Gasteiger partial charge in [-0.2, -0.15) is 5.10 Å². The summed E-state index contributed by atoms with van der Waals surface area (Å²) in [7, 11) is 1.62. The standard InChI is InChI=1S/C30H30N6O4S3/c1-16-23(33-27(41-16)19-8-6-18(7-9-19)26(38)31-14-30(3,4)15-37)13-40-24-11-20(39-5)10-21-25(24)43-28(32-21)22-12-36-29(34-22)42-17(2)35-36/h6-12,37H,13-15H2,1-5H3,(H,31,38). The molecule has 6 rings (SSSR count). The third kappa shape index (κ3) is 6.11. The second kappa shape index (κ2) is 11.6. The van der Waals surface area contributed by atoms with Gasteiger partial charge in [-0.3, -0.25) is 4.79 Å². The summed E-state index contributed by atoms with van der Waals surface area (Å²) < 4.78 is 14.5. The largest absolute Gasteiger partial charge is 0.497 e. The molecule has 0 bridgehead atoms. The summed E-state index contributed by atoms with van der Waals surface area (Å²) in [5, 5.41) is 19.4. The van der Waals surface area contributed by atoms with Crippen molar-refractivity contribution < 1.29 is 19.4 Å². The fraction of sp³-hybridized carbons (Fsp3) is 0.300.